The first-order chi connectivity index (χ1) is 14.3. The van der Waals surface area contributed by atoms with Crippen LogP contribution in [0.25, 0.3) is 5.70 Å². The number of nitrogens with zero attached hydrogens (tertiary/aromatic N) is 2. The van der Waals surface area contributed by atoms with Crippen LogP contribution in [-0.4, -0.2) is 53.0 Å². The normalized spacial score (nSPS) is 16.5. The van der Waals surface area contributed by atoms with Crippen LogP contribution in [0.5, 0.6) is 5.75 Å². The number of rotatable bonds is 5. The first-order valence-corrected chi connectivity index (χ1v) is 12.0. The summed E-state index contributed by atoms with van der Waals surface area (Å²) in [6, 6.07) is 9.17. The van der Waals surface area contributed by atoms with Gasteiger partial charge in [-0.25, -0.2) is 8.42 Å². The molecule has 30 heavy (non-hydrogen) atoms. The minimum absolute atomic E-state index is 0.289. The molecule has 0 spiro atoms. The van der Waals surface area contributed by atoms with Crippen LogP contribution < -0.4 is 9.64 Å². The summed E-state index contributed by atoms with van der Waals surface area (Å²) in [5.74, 6) is 0.649. The van der Waals surface area contributed by atoms with Crippen LogP contribution in [0.1, 0.15) is 16.7 Å². The molecule has 160 valence electrons. The highest BCUT2D eigenvalue weighted by atomic mass is 35.5. The molecule has 1 fully saturated rings. The maximum atomic E-state index is 12.2. The van der Waals surface area contributed by atoms with Crippen LogP contribution in [0.4, 0.5) is 5.69 Å². The van der Waals surface area contributed by atoms with Crippen LogP contribution in [0.3, 0.4) is 0 Å². The van der Waals surface area contributed by atoms with Gasteiger partial charge in [-0.05, 0) is 41.5 Å². The Bertz CT molecular complexity index is 1090. The number of hydrogen-bond acceptors (Lipinski definition) is 6. The van der Waals surface area contributed by atoms with E-state index in [9.17, 15) is 8.42 Å². The monoisotopic (exact) mass is 448 g/mol. The van der Waals surface area contributed by atoms with Gasteiger partial charge in [0.2, 0.25) is 0 Å². The zero-order valence-corrected chi connectivity index (χ0v) is 18.7. The number of morpholine rings is 1. The molecule has 2 heterocycles. The van der Waals surface area contributed by atoms with E-state index < -0.39 is 9.84 Å². The van der Waals surface area contributed by atoms with Crippen LogP contribution in [0.2, 0.25) is 5.02 Å². The third-order valence-electron chi connectivity index (χ3n) is 5.64. The number of sulfone groups is 1. The molecule has 0 amide bonds. The summed E-state index contributed by atoms with van der Waals surface area (Å²) in [6.07, 6.45) is 1.23. The second kappa shape index (κ2) is 8.13. The average molecular weight is 449 g/mol. The molecule has 2 aromatic carbocycles. The molecule has 0 saturated carbocycles. The number of ether oxygens (including phenoxy) is 2. The van der Waals surface area contributed by atoms with Gasteiger partial charge in [0.15, 0.2) is 9.84 Å². The van der Waals surface area contributed by atoms with Crippen molar-refractivity contribution in [2.24, 2.45) is 0 Å². The summed E-state index contributed by atoms with van der Waals surface area (Å²) < 4.78 is 35.2. The first-order valence-electron chi connectivity index (χ1n) is 9.74. The SMILES string of the molecule is C=C(c1cc(S(C)(=O)=O)ccc1N1CCOCC1)N1Cc2cc(Cl)c(OC)cc2C1. The van der Waals surface area contributed by atoms with Crippen molar-refractivity contribution in [1.29, 1.82) is 0 Å². The second-order valence-electron chi connectivity index (χ2n) is 7.61. The molecule has 8 heteroatoms. The molecule has 0 N–H and O–H groups in total. The predicted octanol–water partition coefficient (Wildman–Crippen LogP) is 3.58. The Balaban J connectivity index is 1.70. The van der Waals surface area contributed by atoms with Crippen molar-refractivity contribution in [3.8, 4) is 5.75 Å². The molecule has 2 aliphatic heterocycles. The van der Waals surface area contributed by atoms with Gasteiger partial charge in [0, 0.05) is 49.4 Å². The third kappa shape index (κ3) is 4.02. The maximum absolute atomic E-state index is 12.2. The number of fused-ring (bicyclic) bond motifs is 1. The van der Waals surface area contributed by atoms with E-state index in [1.807, 2.05) is 18.2 Å². The average Bonchev–Trinajstić information content (AvgIpc) is 3.14. The van der Waals surface area contributed by atoms with Gasteiger partial charge < -0.3 is 19.3 Å². The van der Waals surface area contributed by atoms with Gasteiger partial charge in [0.25, 0.3) is 0 Å². The van der Waals surface area contributed by atoms with E-state index in [0.29, 0.717) is 37.1 Å². The predicted molar refractivity (Wildman–Crippen MR) is 119 cm³/mol. The van der Waals surface area contributed by atoms with E-state index in [1.54, 1.807) is 19.2 Å². The minimum Gasteiger partial charge on any atom is -0.495 e. The van der Waals surface area contributed by atoms with Crippen LogP contribution in [-0.2, 0) is 27.7 Å². The van der Waals surface area contributed by atoms with Crippen LogP contribution >= 0.6 is 11.6 Å². The summed E-state index contributed by atoms with van der Waals surface area (Å²) in [5, 5.41) is 0.580. The lowest BCUT2D eigenvalue weighted by Crippen LogP contribution is -2.37. The van der Waals surface area contributed by atoms with Crippen molar-refractivity contribution in [1.82, 2.24) is 4.90 Å². The van der Waals surface area contributed by atoms with E-state index in [-0.39, 0.29) is 4.90 Å². The molecule has 0 radical (unpaired) electrons. The molecule has 2 aromatic rings. The summed E-state index contributed by atoms with van der Waals surface area (Å²) >= 11 is 6.30. The maximum Gasteiger partial charge on any atom is 0.175 e. The highest BCUT2D eigenvalue weighted by Gasteiger charge is 2.26. The summed E-state index contributed by atoms with van der Waals surface area (Å²) in [4.78, 5) is 4.65. The van der Waals surface area contributed by atoms with Crippen LogP contribution in [0, 0.1) is 0 Å². The number of anilines is 1. The first kappa shape index (κ1) is 21.0. The molecule has 1 saturated heterocycles. The van der Waals surface area contributed by atoms with Gasteiger partial charge in [-0.3, -0.25) is 0 Å². The molecule has 0 aromatic heterocycles. The zero-order chi connectivity index (χ0) is 21.5. The van der Waals surface area contributed by atoms with E-state index >= 15 is 0 Å². The lowest BCUT2D eigenvalue weighted by atomic mass is 10.1. The lowest BCUT2D eigenvalue weighted by Gasteiger charge is -2.32. The fraction of sp³-hybridized carbons (Fsp3) is 0.364. The highest BCUT2D eigenvalue weighted by molar-refractivity contribution is 7.90. The fourth-order valence-electron chi connectivity index (χ4n) is 3.97. The van der Waals surface area contributed by atoms with E-state index in [1.165, 1.54) is 6.26 Å². The molecule has 0 atom stereocenters. The van der Waals surface area contributed by atoms with Gasteiger partial charge in [0.1, 0.15) is 5.75 Å². The number of hydrogen-bond donors (Lipinski definition) is 0. The van der Waals surface area contributed by atoms with E-state index in [0.717, 1.165) is 41.2 Å². The summed E-state index contributed by atoms with van der Waals surface area (Å²) in [6.45, 7) is 8.46. The Morgan fingerprint density at radius 1 is 1.13 bits per heavy atom. The quantitative estimate of drug-likeness (QED) is 0.696. The Hall–Kier alpha value is -2.22. The van der Waals surface area contributed by atoms with Gasteiger partial charge in [-0.2, -0.15) is 0 Å². The molecule has 2 aliphatic rings. The topological polar surface area (TPSA) is 59.1 Å². The van der Waals surface area contributed by atoms with E-state index in [4.69, 9.17) is 21.1 Å². The smallest absolute Gasteiger partial charge is 0.175 e. The number of benzene rings is 2. The Morgan fingerprint density at radius 3 is 2.43 bits per heavy atom. The second-order valence-corrected chi connectivity index (χ2v) is 10.0. The zero-order valence-electron chi connectivity index (χ0n) is 17.2. The molecular weight excluding hydrogens is 424 g/mol. The van der Waals surface area contributed by atoms with Gasteiger partial charge >= 0.3 is 0 Å². The molecule has 6 nitrogen and oxygen atoms in total. The highest BCUT2D eigenvalue weighted by Crippen LogP contribution is 2.38. The van der Waals surface area contributed by atoms with Gasteiger partial charge in [-0.15, -0.1) is 0 Å². The Labute approximate surface area is 182 Å². The Kier molecular flexibility index (Phi) is 5.70. The molecule has 0 bridgehead atoms. The minimum atomic E-state index is -3.33. The standard InChI is InChI=1S/C22H25ClN2O4S/c1-15(25-13-16-10-20(23)22(28-2)11-17(16)14-25)19-12-18(30(3,26)27)4-5-21(19)24-6-8-29-9-7-24/h4-5,10-12H,1,6-9,13-14H2,2-3H3. The largest absolute Gasteiger partial charge is 0.495 e. The lowest BCUT2D eigenvalue weighted by molar-refractivity contribution is 0.122. The van der Waals surface area contributed by atoms with Gasteiger partial charge in [-0.1, -0.05) is 18.2 Å². The molecule has 0 unspecified atom stereocenters. The molecule has 4 rings (SSSR count). The number of methoxy groups -OCH3 is 1. The van der Waals surface area contributed by atoms with E-state index in [2.05, 4.69) is 16.4 Å². The van der Waals surface area contributed by atoms with Gasteiger partial charge in [0.05, 0.1) is 30.2 Å². The Morgan fingerprint density at radius 2 is 1.80 bits per heavy atom. The van der Waals surface area contributed by atoms with Crippen molar-refractivity contribution in [3.05, 3.63) is 58.6 Å². The molecule has 0 aliphatic carbocycles. The summed E-state index contributed by atoms with van der Waals surface area (Å²) in [5.41, 5.74) is 4.83. The molecular formula is C22H25ClN2O4S. The number of halogens is 1. The fourth-order valence-corrected chi connectivity index (χ4v) is 4.88. The van der Waals surface area contributed by atoms with Crippen LogP contribution in [0.15, 0.2) is 41.8 Å². The van der Waals surface area contributed by atoms with Crippen molar-refractivity contribution < 1.29 is 17.9 Å². The third-order valence-corrected chi connectivity index (χ3v) is 7.04. The summed E-state index contributed by atoms with van der Waals surface area (Å²) in [7, 11) is -1.73. The van der Waals surface area contributed by atoms with Crippen molar-refractivity contribution in [3.63, 3.8) is 0 Å². The van der Waals surface area contributed by atoms with Crippen molar-refractivity contribution in [2.45, 2.75) is 18.0 Å². The van der Waals surface area contributed by atoms with Crippen molar-refractivity contribution >= 4 is 32.8 Å². The van der Waals surface area contributed by atoms with Crippen molar-refractivity contribution in [2.75, 3.05) is 44.6 Å².